The lowest BCUT2D eigenvalue weighted by atomic mass is 9.75. The first-order chi connectivity index (χ1) is 35.6. The van der Waals surface area contributed by atoms with Crippen LogP contribution >= 0.6 is 0 Å². The normalized spacial score (nSPS) is 16.1. The highest BCUT2D eigenvalue weighted by Gasteiger charge is 2.47. The average Bonchev–Trinajstić information content (AvgIpc) is 4.25. The van der Waals surface area contributed by atoms with Crippen molar-refractivity contribution >= 4 is 64.6 Å². The Morgan fingerprint density at radius 1 is 0.222 bits per heavy atom. The van der Waals surface area contributed by atoms with Crippen molar-refractivity contribution in [2.75, 3.05) is 0 Å². The van der Waals surface area contributed by atoms with Gasteiger partial charge in [0.25, 0.3) is 0 Å². The molecule has 4 aliphatic carbocycles. The molecule has 0 atom stereocenters. The summed E-state index contributed by atoms with van der Waals surface area (Å²) in [5, 5.41) is 16.2. The lowest BCUT2D eigenvalue weighted by Gasteiger charge is -2.27. The Morgan fingerprint density at radius 2 is 0.500 bits per heavy atom. The van der Waals surface area contributed by atoms with Crippen LogP contribution < -0.4 is 0 Å². The lowest BCUT2D eigenvalue weighted by molar-refractivity contribution is 0.550. The molecule has 2 spiro atoms. The zero-order valence-corrected chi connectivity index (χ0v) is 40.3. The molecule has 0 heteroatoms. The SMILES string of the molecule is c1cc2ccc3ccc(-c4ccc5c(c4)C4(CCCC4)c4cc(-c6ccc(-c7ccc8c(c7)C7(CCCC7)c7cc(-c9ccc%10ccc%11cccc%12ccc9c%10c%11%12)ccc7-8)cc6)ccc4-5)c4ccc(c1)c2c34. The highest BCUT2D eigenvalue weighted by atomic mass is 14.5. The maximum atomic E-state index is 2.58. The van der Waals surface area contributed by atoms with Crippen molar-refractivity contribution in [2.24, 2.45) is 0 Å². The van der Waals surface area contributed by atoms with Gasteiger partial charge >= 0.3 is 0 Å². The van der Waals surface area contributed by atoms with Crippen LogP contribution in [0.3, 0.4) is 0 Å². The van der Waals surface area contributed by atoms with Gasteiger partial charge in [-0.3, -0.25) is 0 Å². The Kier molecular flexibility index (Phi) is 7.87. The fourth-order valence-electron chi connectivity index (χ4n) is 15.5. The Balaban J connectivity index is 0.706. The third kappa shape index (κ3) is 5.22. The van der Waals surface area contributed by atoms with E-state index in [9.17, 15) is 0 Å². The molecule has 0 N–H and O–H groups in total. The minimum Gasteiger partial charge on any atom is -0.0610 e. The maximum Gasteiger partial charge on any atom is 0.0215 e. The molecule has 13 aromatic rings. The predicted molar refractivity (Wildman–Crippen MR) is 305 cm³/mol. The van der Waals surface area contributed by atoms with Crippen LogP contribution in [0.2, 0.25) is 0 Å². The van der Waals surface area contributed by atoms with Crippen LogP contribution in [-0.2, 0) is 10.8 Å². The van der Waals surface area contributed by atoms with E-state index in [-0.39, 0.29) is 10.8 Å². The third-order valence-corrected chi connectivity index (χ3v) is 18.9. The van der Waals surface area contributed by atoms with Crippen molar-refractivity contribution in [3.05, 3.63) is 229 Å². The van der Waals surface area contributed by atoms with Gasteiger partial charge in [-0.05, 0) is 204 Å². The highest BCUT2D eigenvalue weighted by Crippen LogP contribution is 2.60. The van der Waals surface area contributed by atoms with Crippen molar-refractivity contribution < 1.29 is 0 Å². The van der Waals surface area contributed by atoms with Gasteiger partial charge in [-0.1, -0.05) is 208 Å². The molecule has 338 valence electrons. The minimum absolute atomic E-state index is 0.0569. The summed E-state index contributed by atoms with van der Waals surface area (Å²) in [5.74, 6) is 0. The first-order valence-electron chi connectivity index (χ1n) is 26.6. The monoisotopic (exact) mass is 914 g/mol. The van der Waals surface area contributed by atoms with E-state index >= 15 is 0 Å². The standard InChI is InChI=1S/C72H50/c1-2-36-71(35-1)63-39-51(23-29-57(63)59-31-25-53(41-65(59)71)55-27-19-49-17-15-45-7-5-9-47-21-33-61(55)69(49)67(45)47)43-11-13-44(14-12-43)52-24-30-58-60-32-26-54(42-66(60)72(64(58)40-52)37-3-4-38-72)56-28-20-50-18-16-46-8-6-10-48-22-34-62(56)70(50)68(46)48/h5-34,39-42H,1-4,35-38H2. The van der Waals surface area contributed by atoms with Crippen molar-refractivity contribution in [1.29, 1.82) is 0 Å². The molecule has 2 saturated carbocycles. The summed E-state index contributed by atoms with van der Waals surface area (Å²) in [6.07, 6.45) is 9.94. The summed E-state index contributed by atoms with van der Waals surface area (Å²) in [4.78, 5) is 0. The van der Waals surface area contributed by atoms with Gasteiger partial charge in [0, 0.05) is 10.8 Å². The second kappa shape index (κ2) is 14.3. The maximum absolute atomic E-state index is 2.58. The summed E-state index contributed by atoms with van der Waals surface area (Å²) < 4.78 is 0. The van der Waals surface area contributed by atoms with Gasteiger partial charge in [0.2, 0.25) is 0 Å². The Labute approximate surface area is 419 Å². The average molecular weight is 915 g/mol. The topological polar surface area (TPSA) is 0 Å². The van der Waals surface area contributed by atoms with Crippen molar-refractivity contribution in [3.8, 4) is 66.8 Å². The van der Waals surface area contributed by atoms with E-state index in [0.717, 1.165) is 0 Å². The second-order valence-electron chi connectivity index (χ2n) is 22.1. The van der Waals surface area contributed by atoms with Crippen molar-refractivity contribution in [1.82, 2.24) is 0 Å². The van der Waals surface area contributed by atoms with Gasteiger partial charge < -0.3 is 0 Å². The summed E-state index contributed by atoms with van der Waals surface area (Å²) in [7, 11) is 0. The molecule has 0 heterocycles. The van der Waals surface area contributed by atoms with Gasteiger partial charge in [-0.2, -0.15) is 0 Å². The Morgan fingerprint density at radius 3 is 0.875 bits per heavy atom. The molecule has 4 aliphatic rings. The molecular weight excluding hydrogens is 865 g/mol. The van der Waals surface area contributed by atoms with Gasteiger partial charge in [0.1, 0.15) is 0 Å². The number of rotatable bonds is 4. The number of hydrogen-bond acceptors (Lipinski definition) is 0. The third-order valence-electron chi connectivity index (χ3n) is 18.9. The van der Waals surface area contributed by atoms with Crippen LogP contribution in [0.15, 0.2) is 206 Å². The van der Waals surface area contributed by atoms with E-state index in [1.807, 2.05) is 0 Å². The molecule has 17 rings (SSSR count). The molecule has 0 unspecified atom stereocenters. The van der Waals surface area contributed by atoms with E-state index in [2.05, 4.69) is 206 Å². The number of hydrogen-bond donors (Lipinski definition) is 0. The van der Waals surface area contributed by atoms with E-state index in [0.29, 0.717) is 0 Å². The summed E-state index contributed by atoms with van der Waals surface area (Å²) in [6, 6.07) is 80.5. The van der Waals surface area contributed by atoms with E-state index < -0.39 is 0 Å². The van der Waals surface area contributed by atoms with Crippen LogP contribution in [0.5, 0.6) is 0 Å². The number of fused-ring (bicyclic) bond motifs is 10. The summed E-state index contributed by atoms with van der Waals surface area (Å²) >= 11 is 0. The van der Waals surface area contributed by atoms with Crippen LogP contribution in [0.4, 0.5) is 0 Å². The molecule has 0 bridgehead atoms. The minimum atomic E-state index is 0.0569. The van der Waals surface area contributed by atoms with E-state index in [1.165, 1.54) is 205 Å². The molecule has 0 radical (unpaired) electrons. The first-order valence-corrected chi connectivity index (χ1v) is 26.6. The Hall–Kier alpha value is -8.06. The fourth-order valence-corrected chi connectivity index (χ4v) is 15.5. The van der Waals surface area contributed by atoms with E-state index in [1.54, 1.807) is 0 Å². The summed E-state index contributed by atoms with van der Waals surface area (Å²) in [6.45, 7) is 0. The Bertz CT molecular complexity index is 4120. The fraction of sp³-hybridized carbons (Fsp3) is 0.139. The zero-order valence-electron chi connectivity index (χ0n) is 40.3. The lowest BCUT2D eigenvalue weighted by Crippen LogP contribution is -2.20. The molecule has 0 amide bonds. The molecule has 0 nitrogen and oxygen atoms in total. The number of benzene rings is 13. The van der Waals surface area contributed by atoms with Crippen LogP contribution in [0.25, 0.3) is 131 Å². The van der Waals surface area contributed by atoms with Gasteiger partial charge in [-0.15, -0.1) is 0 Å². The van der Waals surface area contributed by atoms with Crippen LogP contribution in [0.1, 0.15) is 73.6 Å². The van der Waals surface area contributed by atoms with E-state index in [4.69, 9.17) is 0 Å². The molecule has 13 aromatic carbocycles. The van der Waals surface area contributed by atoms with Crippen LogP contribution in [-0.4, -0.2) is 0 Å². The molecular formula is C72H50. The van der Waals surface area contributed by atoms with Crippen LogP contribution in [0, 0.1) is 0 Å². The molecule has 2 fully saturated rings. The predicted octanol–water partition coefficient (Wildman–Crippen LogP) is 19.8. The van der Waals surface area contributed by atoms with Crippen molar-refractivity contribution in [3.63, 3.8) is 0 Å². The van der Waals surface area contributed by atoms with Gasteiger partial charge in [0.15, 0.2) is 0 Å². The summed E-state index contributed by atoms with van der Waals surface area (Å²) in [5.41, 5.74) is 22.5. The quantitative estimate of drug-likeness (QED) is 0.154. The second-order valence-corrected chi connectivity index (χ2v) is 22.1. The molecule has 0 saturated heterocycles. The first kappa shape index (κ1) is 39.6. The van der Waals surface area contributed by atoms with Gasteiger partial charge in [0.05, 0.1) is 0 Å². The molecule has 72 heavy (non-hydrogen) atoms. The van der Waals surface area contributed by atoms with Crippen molar-refractivity contribution in [2.45, 2.75) is 62.2 Å². The molecule has 0 aromatic heterocycles. The highest BCUT2D eigenvalue weighted by molar-refractivity contribution is 6.26. The van der Waals surface area contributed by atoms with Gasteiger partial charge in [-0.25, -0.2) is 0 Å². The smallest absolute Gasteiger partial charge is 0.0215 e. The molecule has 0 aliphatic heterocycles. The largest absolute Gasteiger partial charge is 0.0610 e. The zero-order chi connectivity index (χ0) is 46.9.